The van der Waals surface area contributed by atoms with Gasteiger partial charge in [0.25, 0.3) is 10.1 Å². The Bertz CT molecular complexity index is 2500. The highest BCUT2D eigenvalue weighted by molar-refractivity contribution is 7.94. The van der Waals surface area contributed by atoms with Crippen LogP contribution < -0.4 is 10.1 Å². The average Bonchev–Trinajstić information content (AvgIpc) is 3.20. The van der Waals surface area contributed by atoms with Crippen LogP contribution >= 0.6 is 36.7 Å². The number of hydrogen-bond donors (Lipinski definition) is 6. The van der Waals surface area contributed by atoms with Gasteiger partial charge in [0.1, 0.15) is 28.7 Å². The van der Waals surface area contributed by atoms with Crippen LogP contribution in [0.4, 0.5) is 28.4 Å². The van der Waals surface area contributed by atoms with E-state index in [1.807, 2.05) is 0 Å². The molecule has 328 valence electrons. The van der Waals surface area contributed by atoms with E-state index in [-0.39, 0.29) is 103 Å². The van der Waals surface area contributed by atoms with Gasteiger partial charge in [-0.25, -0.2) is 32.6 Å². The van der Waals surface area contributed by atoms with Gasteiger partial charge in [-0.05, 0) is 61.0 Å². The van der Waals surface area contributed by atoms with Crippen molar-refractivity contribution in [3.8, 4) is 11.5 Å². The standard InChI is InChI=1S/C29H31N5O20S6/c1-17-13-23(24(46-2)15-26(17)59(41,42)12-10-48-57-54-51-38)32-34-28-25(55-52-49-36)14-21-20(29(28)35)7-8-22(30-16-60(43,44)45)27(21)33-31-18-3-5-19(6-4-18)58(39,40)11-9-47-56-53-50-37/h3-8,13-15,30,35-38H,9-12,16H2,1-2H3,(H,43,44,45)/b33-31+,34-32+. The molecule has 0 aromatic heterocycles. The maximum absolute atomic E-state index is 13.0. The third-order valence-corrected chi connectivity index (χ3v) is 12.8. The Hall–Kier alpha value is -3.84. The molecule has 0 unspecified atom stereocenters. The number of azo groups is 2. The van der Waals surface area contributed by atoms with Gasteiger partial charge in [-0.1, -0.05) is 15.1 Å². The fraction of sp³-hybridized carbons (Fsp3) is 0.241. The van der Waals surface area contributed by atoms with Crippen LogP contribution in [-0.2, 0) is 66.3 Å². The number of aryl methyl sites for hydroxylation is 1. The van der Waals surface area contributed by atoms with Crippen molar-refractivity contribution < 1.29 is 91.9 Å². The lowest BCUT2D eigenvalue weighted by molar-refractivity contribution is -0.434. The smallest absolute Gasteiger partial charge is 0.283 e. The number of phenols is 1. The average molecular weight is 962 g/mol. The van der Waals surface area contributed by atoms with Crippen LogP contribution in [-0.4, -0.2) is 88.4 Å². The lowest BCUT2D eigenvalue weighted by Gasteiger charge is -2.14. The van der Waals surface area contributed by atoms with E-state index in [1.54, 1.807) is 0 Å². The molecule has 60 heavy (non-hydrogen) atoms. The Morgan fingerprint density at radius 1 is 0.717 bits per heavy atom. The quantitative estimate of drug-likeness (QED) is 0.00979. The summed E-state index contributed by atoms with van der Waals surface area (Å²) in [5.41, 5.74) is -0.0589. The van der Waals surface area contributed by atoms with E-state index >= 15 is 0 Å². The third-order valence-electron chi connectivity index (χ3n) is 7.42. The zero-order chi connectivity index (χ0) is 43.9. The second-order valence-electron chi connectivity index (χ2n) is 11.1. The zero-order valence-corrected chi connectivity index (χ0v) is 35.2. The van der Waals surface area contributed by atoms with E-state index in [0.717, 1.165) is 0 Å². The second kappa shape index (κ2) is 22.8. The summed E-state index contributed by atoms with van der Waals surface area (Å²) in [6, 6.07) is 11.6. The molecule has 0 heterocycles. The van der Waals surface area contributed by atoms with E-state index in [9.17, 15) is 34.9 Å². The van der Waals surface area contributed by atoms with Gasteiger partial charge < -0.3 is 15.2 Å². The first-order chi connectivity index (χ1) is 28.5. The summed E-state index contributed by atoms with van der Waals surface area (Å²) < 4.78 is 112. The number of hydrogen-bond acceptors (Lipinski definition) is 27. The minimum Gasteiger partial charge on any atom is -0.505 e. The lowest BCUT2D eigenvalue weighted by atomic mass is 10.1. The molecule has 0 amide bonds. The number of phenolic OH excluding ortho intramolecular Hbond substituents is 1. The fourth-order valence-electron chi connectivity index (χ4n) is 4.85. The SMILES string of the molecule is COc1cc(S(=O)(=O)CCOSOOO)c(C)cc1/N=N/c1c(SOOO)cc2c(/N=N/c3ccc(S(=O)(=O)CCOSOOO)cc3)c(NCS(=O)(=O)O)ccc2c1O. The van der Waals surface area contributed by atoms with Crippen LogP contribution in [0, 0.1) is 6.92 Å². The third kappa shape index (κ3) is 13.8. The van der Waals surface area contributed by atoms with Crippen molar-refractivity contribution in [2.75, 3.05) is 43.0 Å². The van der Waals surface area contributed by atoms with E-state index in [2.05, 4.69) is 53.9 Å². The number of aromatic hydroxyl groups is 1. The van der Waals surface area contributed by atoms with Gasteiger partial charge in [0.05, 0.1) is 69.9 Å². The molecule has 0 spiro atoms. The number of methoxy groups -OCH3 is 1. The number of ether oxygens (including phenoxy) is 1. The highest BCUT2D eigenvalue weighted by Crippen LogP contribution is 2.48. The van der Waals surface area contributed by atoms with E-state index in [4.69, 9.17) is 28.9 Å². The topological polar surface area (TPSA) is 348 Å². The summed E-state index contributed by atoms with van der Waals surface area (Å²) >= 11 is 0.766. The number of benzene rings is 4. The first kappa shape index (κ1) is 48.8. The molecule has 6 N–H and O–H groups in total. The maximum Gasteiger partial charge on any atom is 0.283 e. The molecule has 0 fully saturated rings. The predicted octanol–water partition coefficient (Wildman–Crippen LogP) is 6.93. The molecule has 4 rings (SSSR count). The van der Waals surface area contributed by atoms with Crippen LogP contribution in [0.15, 0.2) is 89.7 Å². The van der Waals surface area contributed by atoms with Crippen molar-refractivity contribution in [1.29, 1.82) is 0 Å². The van der Waals surface area contributed by atoms with Gasteiger partial charge in [0.15, 0.2) is 50.1 Å². The maximum atomic E-state index is 13.0. The molecule has 0 atom stereocenters. The van der Waals surface area contributed by atoms with E-state index in [1.165, 1.54) is 68.6 Å². The predicted molar refractivity (Wildman–Crippen MR) is 210 cm³/mol. The second-order valence-corrected chi connectivity index (χ2v) is 18.5. The number of rotatable bonds is 25. The first-order valence-electron chi connectivity index (χ1n) is 15.8. The number of anilines is 1. The van der Waals surface area contributed by atoms with Crippen molar-refractivity contribution in [2.24, 2.45) is 20.5 Å². The van der Waals surface area contributed by atoms with Crippen LogP contribution in [0.3, 0.4) is 0 Å². The van der Waals surface area contributed by atoms with E-state index in [0.29, 0.717) is 12.0 Å². The van der Waals surface area contributed by atoms with Crippen molar-refractivity contribution in [2.45, 2.75) is 21.6 Å². The summed E-state index contributed by atoms with van der Waals surface area (Å²) in [5, 5.41) is 66.5. The highest BCUT2D eigenvalue weighted by Gasteiger charge is 2.23. The highest BCUT2D eigenvalue weighted by atomic mass is 32.2. The van der Waals surface area contributed by atoms with Gasteiger partial charge in [0.2, 0.25) is 0 Å². The number of nitrogens with zero attached hydrogens (tertiary/aromatic N) is 4. The summed E-state index contributed by atoms with van der Waals surface area (Å²) in [4.78, 5) is -0.323. The van der Waals surface area contributed by atoms with E-state index < -0.39 is 52.9 Å². The molecule has 0 aliphatic heterocycles. The lowest BCUT2D eigenvalue weighted by Crippen LogP contribution is -2.13. The zero-order valence-electron chi connectivity index (χ0n) is 30.3. The van der Waals surface area contributed by atoms with Gasteiger partial charge in [-0.15, -0.1) is 28.3 Å². The molecule has 0 bridgehead atoms. The van der Waals surface area contributed by atoms with Crippen LogP contribution in [0.2, 0.25) is 0 Å². The van der Waals surface area contributed by atoms with Crippen molar-refractivity contribution >= 4 is 106 Å². The molecule has 0 radical (unpaired) electrons. The van der Waals surface area contributed by atoms with Gasteiger partial charge in [-0.3, -0.25) is 12.9 Å². The first-order valence-corrected chi connectivity index (χ1v) is 22.8. The van der Waals surface area contributed by atoms with Crippen molar-refractivity contribution in [3.05, 3.63) is 60.2 Å². The summed E-state index contributed by atoms with van der Waals surface area (Å²) in [5.74, 6) is -2.55. The molecule has 0 aliphatic rings. The number of nitrogens with one attached hydrogen (secondary N) is 1. The summed E-state index contributed by atoms with van der Waals surface area (Å²) in [6.07, 6.45) is 0. The Morgan fingerprint density at radius 3 is 1.93 bits per heavy atom. The van der Waals surface area contributed by atoms with Gasteiger partial charge in [-0.2, -0.15) is 13.5 Å². The Kier molecular flexibility index (Phi) is 18.6. The van der Waals surface area contributed by atoms with Crippen molar-refractivity contribution in [3.63, 3.8) is 0 Å². The van der Waals surface area contributed by atoms with Gasteiger partial charge in [0, 0.05) is 16.8 Å². The van der Waals surface area contributed by atoms with Crippen LogP contribution in [0.25, 0.3) is 10.8 Å². The Labute approximate surface area is 352 Å². The Balaban J connectivity index is 1.75. The monoisotopic (exact) mass is 961 g/mol. The molecule has 4 aromatic carbocycles. The minimum absolute atomic E-state index is 0.0113. The Morgan fingerprint density at radius 2 is 1.33 bits per heavy atom. The molecular formula is C29H31N5O20S6. The minimum atomic E-state index is -4.57. The largest absolute Gasteiger partial charge is 0.505 e. The normalized spacial score (nSPS) is 12.6. The molecule has 31 heteroatoms. The summed E-state index contributed by atoms with van der Waals surface area (Å²) in [6.45, 7) is 0.812. The molecule has 25 nitrogen and oxygen atoms in total. The molecule has 0 saturated carbocycles. The molecule has 0 saturated heterocycles. The van der Waals surface area contributed by atoms with Crippen molar-refractivity contribution in [1.82, 2.24) is 0 Å². The number of sulfone groups is 2. The van der Waals surface area contributed by atoms with Crippen LogP contribution in [0.1, 0.15) is 5.56 Å². The molecule has 4 aromatic rings. The molecular weight excluding hydrogens is 931 g/mol. The van der Waals surface area contributed by atoms with Crippen LogP contribution in [0.5, 0.6) is 11.5 Å². The number of fused-ring (bicyclic) bond motifs is 1. The van der Waals surface area contributed by atoms with Gasteiger partial charge >= 0.3 is 0 Å². The summed E-state index contributed by atoms with van der Waals surface area (Å²) in [7, 11) is -11.1. The molecule has 0 aliphatic carbocycles. The fourth-order valence-corrected chi connectivity index (χ4v) is 8.76.